The monoisotopic (exact) mass is 365 g/mol. The van der Waals surface area contributed by atoms with Crippen LogP contribution in [0, 0.1) is 13.8 Å². The molecule has 0 fully saturated rings. The summed E-state index contributed by atoms with van der Waals surface area (Å²) < 4.78 is 5.85. The summed E-state index contributed by atoms with van der Waals surface area (Å²) in [4.78, 5) is 13.2. The Morgan fingerprint density at radius 1 is 1.08 bits per heavy atom. The van der Waals surface area contributed by atoms with Crippen molar-refractivity contribution in [3.8, 4) is 5.75 Å². The van der Waals surface area contributed by atoms with E-state index in [1.54, 1.807) is 0 Å². The summed E-state index contributed by atoms with van der Waals surface area (Å²) >= 11 is 1.44. The van der Waals surface area contributed by atoms with Crippen molar-refractivity contribution < 1.29 is 9.53 Å². The van der Waals surface area contributed by atoms with Crippen LogP contribution in [0.5, 0.6) is 5.75 Å². The van der Waals surface area contributed by atoms with Crippen LogP contribution in [-0.2, 0) is 6.61 Å². The molecule has 134 valence electrons. The van der Waals surface area contributed by atoms with Crippen molar-refractivity contribution in [1.82, 2.24) is 5.32 Å². The summed E-state index contributed by atoms with van der Waals surface area (Å²) in [5.74, 6) is 0.798. The lowest BCUT2D eigenvalue weighted by Gasteiger charge is -2.13. The number of amides is 1. The van der Waals surface area contributed by atoms with Gasteiger partial charge in [-0.1, -0.05) is 36.4 Å². The highest BCUT2D eigenvalue weighted by Gasteiger charge is 2.13. The molecule has 1 N–H and O–H groups in total. The topological polar surface area (TPSA) is 38.3 Å². The molecule has 4 heteroatoms. The molecule has 1 aromatic heterocycles. The van der Waals surface area contributed by atoms with Crippen molar-refractivity contribution in [3.63, 3.8) is 0 Å². The van der Waals surface area contributed by atoms with Gasteiger partial charge in [-0.15, -0.1) is 11.3 Å². The van der Waals surface area contributed by atoms with E-state index < -0.39 is 0 Å². The van der Waals surface area contributed by atoms with Gasteiger partial charge in [-0.2, -0.15) is 0 Å². The first-order chi connectivity index (χ1) is 12.5. The zero-order valence-electron chi connectivity index (χ0n) is 15.3. The van der Waals surface area contributed by atoms with Gasteiger partial charge in [0.15, 0.2) is 0 Å². The van der Waals surface area contributed by atoms with Crippen LogP contribution in [0.2, 0.25) is 0 Å². The third-order valence-corrected chi connectivity index (χ3v) is 5.39. The van der Waals surface area contributed by atoms with Crippen LogP contribution >= 0.6 is 11.3 Å². The lowest BCUT2D eigenvalue weighted by atomic mass is 10.1. The fourth-order valence-corrected chi connectivity index (χ4v) is 3.43. The summed E-state index contributed by atoms with van der Waals surface area (Å²) in [7, 11) is 0. The van der Waals surface area contributed by atoms with Gasteiger partial charge in [-0.3, -0.25) is 4.79 Å². The second-order valence-corrected chi connectivity index (χ2v) is 7.37. The van der Waals surface area contributed by atoms with E-state index in [0.29, 0.717) is 11.5 Å². The van der Waals surface area contributed by atoms with E-state index in [2.05, 4.69) is 25.2 Å². The average molecular weight is 365 g/mol. The highest BCUT2D eigenvalue weighted by atomic mass is 32.1. The summed E-state index contributed by atoms with van der Waals surface area (Å²) in [5.41, 5.74) is 4.56. The Morgan fingerprint density at radius 2 is 1.85 bits per heavy atom. The first kappa shape index (κ1) is 18.2. The van der Waals surface area contributed by atoms with E-state index in [-0.39, 0.29) is 11.9 Å². The van der Waals surface area contributed by atoms with Crippen LogP contribution in [0.15, 0.2) is 60.0 Å². The van der Waals surface area contributed by atoms with Gasteiger partial charge in [-0.25, -0.2) is 0 Å². The lowest BCUT2D eigenvalue weighted by molar-refractivity contribution is 0.0944. The van der Waals surface area contributed by atoms with Crippen LogP contribution in [0.1, 0.15) is 44.9 Å². The van der Waals surface area contributed by atoms with E-state index in [9.17, 15) is 4.79 Å². The van der Waals surface area contributed by atoms with Crippen LogP contribution in [0.4, 0.5) is 0 Å². The molecule has 3 aromatic rings. The van der Waals surface area contributed by atoms with Crippen LogP contribution in [0.25, 0.3) is 0 Å². The molecular formula is C22H23NO2S. The SMILES string of the molecule is Cc1ccc(OCc2csc(C(=O)NC(C)c3ccccc3)c2)cc1C. The van der Waals surface area contributed by atoms with Gasteiger partial charge in [-0.05, 0) is 61.0 Å². The number of benzene rings is 2. The summed E-state index contributed by atoms with van der Waals surface area (Å²) in [6, 6.07) is 17.9. The van der Waals surface area contributed by atoms with Crippen LogP contribution < -0.4 is 10.1 Å². The number of rotatable bonds is 6. The fraction of sp³-hybridized carbons (Fsp3) is 0.227. The number of carbonyl (C=O) groups is 1. The summed E-state index contributed by atoms with van der Waals surface area (Å²) in [6.45, 7) is 6.60. The molecule has 1 heterocycles. The first-order valence-corrected chi connectivity index (χ1v) is 9.54. The Morgan fingerprint density at radius 3 is 2.58 bits per heavy atom. The number of thiophene rings is 1. The molecule has 0 aliphatic carbocycles. The quantitative estimate of drug-likeness (QED) is 0.632. The maximum absolute atomic E-state index is 12.5. The first-order valence-electron chi connectivity index (χ1n) is 8.66. The van der Waals surface area contributed by atoms with Crippen LogP contribution in [0.3, 0.4) is 0 Å². The fourth-order valence-electron chi connectivity index (χ4n) is 2.63. The molecule has 0 bridgehead atoms. The van der Waals surface area contributed by atoms with Crippen molar-refractivity contribution in [3.05, 3.63) is 87.1 Å². The molecule has 0 spiro atoms. The van der Waals surface area contributed by atoms with E-state index in [4.69, 9.17) is 4.74 Å². The van der Waals surface area contributed by atoms with Gasteiger partial charge in [0.2, 0.25) is 0 Å². The smallest absolute Gasteiger partial charge is 0.261 e. The Balaban J connectivity index is 1.58. The third-order valence-electron chi connectivity index (χ3n) is 4.41. The van der Waals surface area contributed by atoms with E-state index in [1.807, 2.05) is 60.8 Å². The largest absolute Gasteiger partial charge is 0.489 e. The van der Waals surface area contributed by atoms with Gasteiger partial charge in [0.1, 0.15) is 12.4 Å². The van der Waals surface area contributed by atoms with Crippen molar-refractivity contribution in [1.29, 1.82) is 0 Å². The van der Waals surface area contributed by atoms with E-state index in [0.717, 1.165) is 16.9 Å². The number of ether oxygens (including phenoxy) is 1. The van der Waals surface area contributed by atoms with Crippen molar-refractivity contribution in [2.45, 2.75) is 33.4 Å². The number of aryl methyl sites for hydroxylation is 2. The zero-order valence-corrected chi connectivity index (χ0v) is 16.1. The number of carbonyl (C=O) groups excluding carboxylic acids is 1. The van der Waals surface area contributed by atoms with E-state index >= 15 is 0 Å². The zero-order chi connectivity index (χ0) is 18.5. The van der Waals surface area contributed by atoms with E-state index in [1.165, 1.54) is 22.5 Å². The Kier molecular flexibility index (Phi) is 5.74. The van der Waals surface area contributed by atoms with Gasteiger partial charge < -0.3 is 10.1 Å². The standard InChI is InChI=1S/C22H23NO2S/c1-15-9-10-20(11-16(15)2)25-13-18-12-21(26-14-18)22(24)23-17(3)19-7-5-4-6-8-19/h4-12,14,17H,13H2,1-3H3,(H,23,24). The number of nitrogens with one attached hydrogen (secondary N) is 1. The minimum Gasteiger partial charge on any atom is -0.489 e. The predicted octanol–water partition coefficient (Wildman–Crippen LogP) is 5.43. The molecular weight excluding hydrogens is 342 g/mol. The van der Waals surface area contributed by atoms with Crippen molar-refractivity contribution >= 4 is 17.2 Å². The highest BCUT2D eigenvalue weighted by Crippen LogP contribution is 2.21. The van der Waals surface area contributed by atoms with Gasteiger partial charge >= 0.3 is 0 Å². The molecule has 0 aliphatic rings. The van der Waals surface area contributed by atoms with Gasteiger partial charge in [0, 0.05) is 5.56 Å². The highest BCUT2D eigenvalue weighted by molar-refractivity contribution is 7.12. The molecule has 26 heavy (non-hydrogen) atoms. The maximum Gasteiger partial charge on any atom is 0.261 e. The Hall–Kier alpha value is -2.59. The summed E-state index contributed by atoms with van der Waals surface area (Å²) in [5, 5.41) is 5.02. The molecule has 3 nitrogen and oxygen atoms in total. The third kappa shape index (κ3) is 4.52. The number of hydrogen-bond acceptors (Lipinski definition) is 3. The minimum absolute atomic E-state index is 0.0268. The van der Waals surface area contributed by atoms with Gasteiger partial charge in [0.25, 0.3) is 5.91 Å². The molecule has 0 saturated carbocycles. The molecule has 1 amide bonds. The van der Waals surface area contributed by atoms with Gasteiger partial charge in [0.05, 0.1) is 10.9 Å². The predicted molar refractivity (Wildman–Crippen MR) is 107 cm³/mol. The molecule has 1 atom stereocenters. The summed E-state index contributed by atoms with van der Waals surface area (Å²) in [6.07, 6.45) is 0. The molecule has 0 radical (unpaired) electrons. The Labute approximate surface area is 158 Å². The second-order valence-electron chi connectivity index (χ2n) is 6.46. The molecule has 0 aliphatic heterocycles. The second kappa shape index (κ2) is 8.19. The molecule has 3 rings (SSSR count). The molecule has 1 unspecified atom stereocenters. The van der Waals surface area contributed by atoms with Crippen molar-refractivity contribution in [2.75, 3.05) is 0 Å². The minimum atomic E-state index is -0.0521. The lowest BCUT2D eigenvalue weighted by Crippen LogP contribution is -2.25. The molecule has 0 saturated heterocycles. The Bertz CT molecular complexity index is 886. The average Bonchev–Trinajstić information content (AvgIpc) is 3.12. The molecule has 2 aromatic carbocycles. The normalized spacial score (nSPS) is 11.8. The maximum atomic E-state index is 12.5. The van der Waals surface area contributed by atoms with Crippen molar-refractivity contribution in [2.24, 2.45) is 0 Å². The van der Waals surface area contributed by atoms with Crippen LogP contribution in [-0.4, -0.2) is 5.91 Å². The number of hydrogen-bond donors (Lipinski definition) is 1.